The Morgan fingerprint density at radius 2 is 1.80 bits per heavy atom. The van der Waals surface area contributed by atoms with Crippen molar-refractivity contribution in [2.45, 2.75) is 13.0 Å². The van der Waals surface area contributed by atoms with Crippen LogP contribution in [0, 0.1) is 6.92 Å². The van der Waals surface area contributed by atoms with Gasteiger partial charge in [0.05, 0.1) is 0 Å². The lowest BCUT2D eigenvalue weighted by Gasteiger charge is -2.17. The summed E-state index contributed by atoms with van der Waals surface area (Å²) in [5, 5.41) is 12.4. The number of benzene rings is 2. The van der Waals surface area contributed by atoms with E-state index in [2.05, 4.69) is 37.2 Å². The van der Waals surface area contributed by atoms with Crippen LogP contribution in [-0.2, 0) is 4.79 Å². The number of anilines is 1. The van der Waals surface area contributed by atoms with Gasteiger partial charge in [-0.05, 0) is 48.4 Å². The monoisotopic (exact) mass is 397 g/mol. The Bertz CT molecular complexity index is 626. The summed E-state index contributed by atoms with van der Waals surface area (Å²) in [6.45, 7) is 1.96. The summed E-state index contributed by atoms with van der Waals surface area (Å²) in [6, 6.07) is 12.2. The Balaban J connectivity index is 2.29. The minimum Gasteiger partial charge on any atom is -0.479 e. The molecule has 3 nitrogen and oxygen atoms in total. The highest BCUT2D eigenvalue weighted by Crippen LogP contribution is 2.25. The molecule has 0 bridgehead atoms. The number of aliphatic carboxylic acids is 1. The van der Waals surface area contributed by atoms with Gasteiger partial charge in [-0.15, -0.1) is 0 Å². The van der Waals surface area contributed by atoms with Crippen LogP contribution in [0.15, 0.2) is 51.4 Å². The molecule has 5 heteroatoms. The largest absolute Gasteiger partial charge is 0.479 e. The molecule has 0 radical (unpaired) electrons. The molecule has 0 aromatic heterocycles. The second-order valence-electron chi connectivity index (χ2n) is 4.43. The van der Waals surface area contributed by atoms with Gasteiger partial charge in [-0.1, -0.05) is 44.0 Å². The van der Waals surface area contributed by atoms with Crippen molar-refractivity contribution >= 4 is 43.5 Å². The molecule has 0 saturated carbocycles. The third kappa shape index (κ3) is 3.61. The Hall–Kier alpha value is -1.33. The van der Waals surface area contributed by atoms with Crippen LogP contribution in [0.4, 0.5) is 5.69 Å². The van der Waals surface area contributed by atoms with Gasteiger partial charge in [0, 0.05) is 14.6 Å². The highest BCUT2D eigenvalue weighted by Gasteiger charge is 2.20. The van der Waals surface area contributed by atoms with Crippen molar-refractivity contribution in [3.8, 4) is 0 Å². The van der Waals surface area contributed by atoms with Crippen molar-refractivity contribution in [3.63, 3.8) is 0 Å². The molecule has 2 N–H and O–H groups in total. The summed E-state index contributed by atoms with van der Waals surface area (Å²) in [6.07, 6.45) is 0. The molecule has 0 spiro atoms. The maximum atomic E-state index is 11.5. The average Bonchev–Trinajstić information content (AvgIpc) is 2.41. The zero-order valence-electron chi connectivity index (χ0n) is 10.7. The lowest BCUT2D eigenvalue weighted by atomic mass is 10.0. The van der Waals surface area contributed by atoms with Gasteiger partial charge in [0.25, 0.3) is 0 Å². The van der Waals surface area contributed by atoms with Crippen molar-refractivity contribution < 1.29 is 9.90 Å². The second kappa shape index (κ2) is 6.41. The first-order chi connectivity index (χ1) is 9.47. The second-order valence-corrected chi connectivity index (χ2v) is 6.20. The van der Waals surface area contributed by atoms with E-state index in [1.54, 1.807) is 0 Å². The van der Waals surface area contributed by atoms with Crippen LogP contribution in [0.2, 0.25) is 0 Å². The molecule has 1 atom stereocenters. The van der Waals surface area contributed by atoms with Crippen molar-refractivity contribution in [1.29, 1.82) is 0 Å². The van der Waals surface area contributed by atoms with E-state index in [9.17, 15) is 9.90 Å². The number of rotatable bonds is 4. The number of hydrogen-bond acceptors (Lipinski definition) is 2. The van der Waals surface area contributed by atoms with Crippen LogP contribution < -0.4 is 5.32 Å². The molecule has 104 valence electrons. The summed E-state index contributed by atoms with van der Waals surface area (Å²) in [5.41, 5.74) is 2.54. The van der Waals surface area contributed by atoms with Crippen LogP contribution in [0.5, 0.6) is 0 Å². The lowest BCUT2D eigenvalue weighted by Crippen LogP contribution is -2.20. The van der Waals surface area contributed by atoms with Gasteiger partial charge in [0.15, 0.2) is 6.04 Å². The molecular formula is C15H13Br2NO2. The predicted molar refractivity (Wildman–Crippen MR) is 87.0 cm³/mol. The molecule has 0 aliphatic carbocycles. The fourth-order valence-corrected chi connectivity index (χ4v) is 2.45. The van der Waals surface area contributed by atoms with Crippen molar-refractivity contribution in [2.24, 2.45) is 0 Å². The Morgan fingerprint density at radius 3 is 2.35 bits per heavy atom. The fraction of sp³-hybridized carbons (Fsp3) is 0.133. The maximum absolute atomic E-state index is 11.5. The first-order valence-corrected chi connectivity index (χ1v) is 7.57. The summed E-state index contributed by atoms with van der Waals surface area (Å²) in [4.78, 5) is 11.5. The molecule has 0 amide bonds. The molecule has 20 heavy (non-hydrogen) atoms. The fourth-order valence-electron chi connectivity index (χ4n) is 1.79. The third-order valence-electron chi connectivity index (χ3n) is 2.93. The number of carboxylic acids is 1. The van der Waals surface area contributed by atoms with E-state index in [0.29, 0.717) is 5.56 Å². The summed E-state index contributed by atoms with van der Waals surface area (Å²) < 4.78 is 1.85. The van der Waals surface area contributed by atoms with Gasteiger partial charge < -0.3 is 10.4 Å². The van der Waals surface area contributed by atoms with Crippen molar-refractivity contribution in [2.75, 3.05) is 5.32 Å². The molecule has 2 rings (SSSR count). The molecule has 1 unspecified atom stereocenters. The normalized spacial score (nSPS) is 11.9. The zero-order valence-corrected chi connectivity index (χ0v) is 13.9. The molecule has 2 aromatic rings. The van der Waals surface area contributed by atoms with Gasteiger partial charge in [-0.3, -0.25) is 0 Å². The highest BCUT2D eigenvalue weighted by atomic mass is 79.9. The van der Waals surface area contributed by atoms with E-state index >= 15 is 0 Å². The van der Waals surface area contributed by atoms with Gasteiger partial charge in [0.2, 0.25) is 0 Å². The number of nitrogens with one attached hydrogen (secondary N) is 1. The Kier molecular flexibility index (Phi) is 4.83. The van der Waals surface area contributed by atoms with E-state index in [1.807, 2.05) is 49.4 Å². The number of aryl methyl sites for hydroxylation is 1. The van der Waals surface area contributed by atoms with E-state index in [4.69, 9.17) is 0 Å². The van der Waals surface area contributed by atoms with Crippen LogP contribution >= 0.6 is 31.9 Å². The first-order valence-electron chi connectivity index (χ1n) is 5.98. The van der Waals surface area contributed by atoms with E-state index in [0.717, 1.165) is 20.2 Å². The van der Waals surface area contributed by atoms with Crippen molar-refractivity contribution in [1.82, 2.24) is 0 Å². The molecule has 0 fully saturated rings. The summed E-state index contributed by atoms with van der Waals surface area (Å²) >= 11 is 6.78. The molecule has 0 aliphatic rings. The van der Waals surface area contributed by atoms with Gasteiger partial charge in [-0.2, -0.15) is 0 Å². The van der Waals surface area contributed by atoms with Crippen LogP contribution in [0.1, 0.15) is 17.2 Å². The van der Waals surface area contributed by atoms with E-state index in [-0.39, 0.29) is 0 Å². The van der Waals surface area contributed by atoms with Crippen LogP contribution in [0.3, 0.4) is 0 Å². The highest BCUT2D eigenvalue weighted by molar-refractivity contribution is 9.10. The molecule has 2 aromatic carbocycles. The topological polar surface area (TPSA) is 49.3 Å². The zero-order chi connectivity index (χ0) is 14.7. The molecule has 0 heterocycles. The maximum Gasteiger partial charge on any atom is 0.330 e. The van der Waals surface area contributed by atoms with Gasteiger partial charge in [0.1, 0.15) is 0 Å². The minimum absolute atomic E-state index is 0.706. The Morgan fingerprint density at radius 1 is 1.15 bits per heavy atom. The van der Waals surface area contributed by atoms with Gasteiger partial charge in [-0.25, -0.2) is 4.79 Å². The summed E-state index contributed by atoms with van der Waals surface area (Å²) in [5.74, 6) is -0.913. The molecular weight excluding hydrogens is 386 g/mol. The number of halogens is 2. The third-order valence-corrected chi connectivity index (χ3v) is 4.31. The average molecular weight is 399 g/mol. The van der Waals surface area contributed by atoms with Crippen LogP contribution in [-0.4, -0.2) is 11.1 Å². The van der Waals surface area contributed by atoms with Crippen molar-refractivity contribution in [3.05, 3.63) is 62.5 Å². The first kappa shape index (κ1) is 15.1. The Labute approximate surface area is 134 Å². The van der Waals surface area contributed by atoms with Crippen LogP contribution in [0.25, 0.3) is 0 Å². The van der Waals surface area contributed by atoms with Gasteiger partial charge >= 0.3 is 5.97 Å². The quantitative estimate of drug-likeness (QED) is 0.780. The SMILES string of the molecule is Cc1ccc(C(Nc2ccc(Br)cc2)C(=O)O)cc1Br. The summed E-state index contributed by atoms with van der Waals surface area (Å²) in [7, 11) is 0. The smallest absolute Gasteiger partial charge is 0.330 e. The molecule has 0 aliphatic heterocycles. The number of hydrogen-bond donors (Lipinski definition) is 2. The molecule has 0 saturated heterocycles. The minimum atomic E-state index is -0.913. The van der Waals surface area contributed by atoms with E-state index < -0.39 is 12.0 Å². The predicted octanol–water partition coefficient (Wildman–Crippen LogP) is 4.76. The number of carbonyl (C=O) groups is 1. The lowest BCUT2D eigenvalue weighted by molar-refractivity contribution is -0.138. The standard InChI is InChI=1S/C15H13Br2NO2/c1-9-2-3-10(8-13(9)17)14(15(19)20)18-12-6-4-11(16)5-7-12/h2-8,14,18H,1H3,(H,19,20). The van der Waals surface area contributed by atoms with E-state index in [1.165, 1.54) is 0 Å². The number of carboxylic acid groups (broad SMARTS) is 1.